The largest absolute Gasteiger partial charge is 0.395 e. The van der Waals surface area contributed by atoms with Crippen LogP contribution in [0.1, 0.15) is 18.6 Å². The second-order valence-corrected chi connectivity index (χ2v) is 2.85. The molecule has 0 radical (unpaired) electrons. The third-order valence-corrected chi connectivity index (χ3v) is 1.85. The van der Waals surface area contributed by atoms with E-state index < -0.39 is 0 Å². The molecule has 2 rings (SSSR count). The van der Waals surface area contributed by atoms with Crippen molar-refractivity contribution in [2.75, 3.05) is 5.73 Å². The number of aromatic nitrogens is 1. The maximum atomic E-state index is 5.56. The van der Waals surface area contributed by atoms with Gasteiger partial charge >= 0.3 is 0 Å². The highest BCUT2D eigenvalue weighted by Crippen LogP contribution is 2.33. The predicted molar refractivity (Wildman–Crippen MR) is 37.3 cm³/mol. The van der Waals surface area contributed by atoms with E-state index >= 15 is 0 Å². The van der Waals surface area contributed by atoms with Gasteiger partial charge in [-0.3, -0.25) is 0 Å². The van der Waals surface area contributed by atoms with Gasteiger partial charge in [-0.2, -0.15) is 0 Å². The van der Waals surface area contributed by atoms with Crippen molar-refractivity contribution >= 4 is 5.69 Å². The van der Waals surface area contributed by atoms with Crippen molar-refractivity contribution < 1.29 is 4.52 Å². The lowest BCUT2D eigenvalue weighted by atomic mass is 10.2. The maximum Gasteiger partial charge on any atom is 0.159 e. The Morgan fingerprint density at radius 3 is 3.00 bits per heavy atom. The van der Waals surface area contributed by atoms with Crippen molar-refractivity contribution in [2.24, 2.45) is 5.92 Å². The highest BCUT2D eigenvalue weighted by Gasteiger charge is 2.24. The molecule has 0 aromatic carbocycles. The Morgan fingerprint density at radius 2 is 2.50 bits per heavy atom. The molecule has 10 heavy (non-hydrogen) atoms. The van der Waals surface area contributed by atoms with E-state index in [1.54, 1.807) is 6.20 Å². The molecule has 0 atom stereocenters. The van der Waals surface area contributed by atoms with Crippen LogP contribution in [0.3, 0.4) is 0 Å². The first kappa shape index (κ1) is 5.77. The van der Waals surface area contributed by atoms with Crippen LogP contribution in [0.25, 0.3) is 0 Å². The maximum absolute atomic E-state index is 5.56. The van der Waals surface area contributed by atoms with Crippen LogP contribution in [0.2, 0.25) is 0 Å². The topological polar surface area (TPSA) is 52.0 Å². The average Bonchev–Trinajstić information content (AvgIpc) is 2.62. The Kier molecular flexibility index (Phi) is 1.16. The third-order valence-electron chi connectivity index (χ3n) is 1.85. The second kappa shape index (κ2) is 2.01. The number of hydrogen-bond acceptors (Lipinski definition) is 3. The van der Waals surface area contributed by atoms with E-state index in [1.165, 1.54) is 12.8 Å². The summed E-state index contributed by atoms with van der Waals surface area (Å²) < 4.78 is 4.94. The van der Waals surface area contributed by atoms with Crippen molar-refractivity contribution in [1.82, 2.24) is 5.16 Å². The molecule has 1 aliphatic carbocycles. The Hall–Kier alpha value is -0.990. The molecular formula is C7H10N2O. The summed E-state index contributed by atoms with van der Waals surface area (Å²) in [5.74, 6) is 1.68. The summed E-state index contributed by atoms with van der Waals surface area (Å²) in [5, 5.41) is 3.60. The van der Waals surface area contributed by atoms with E-state index in [0.717, 1.165) is 18.1 Å². The first-order valence-corrected chi connectivity index (χ1v) is 3.55. The fourth-order valence-electron chi connectivity index (χ4n) is 1.01. The molecular weight excluding hydrogens is 128 g/mol. The molecule has 0 bridgehead atoms. The Labute approximate surface area is 59.2 Å². The van der Waals surface area contributed by atoms with Crippen LogP contribution < -0.4 is 5.73 Å². The molecule has 2 N–H and O–H groups in total. The predicted octanol–water partition coefficient (Wildman–Crippen LogP) is 1.21. The van der Waals surface area contributed by atoms with Crippen LogP contribution in [-0.4, -0.2) is 5.16 Å². The lowest BCUT2D eigenvalue weighted by molar-refractivity contribution is 0.379. The minimum atomic E-state index is 0.701. The van der Waals surface area contributed by atoms with Crippen LogP contribution in [0.15, 0.2) is 10.7 Å². The van der Waals surface area contributed by atoms with Crippen molar-refractivity contribution in [2.45, 2.75) is 19.3 Å². The molecule has 0 aliphatic heterocycles. The van der Waals surface area contributed by atoms with Gasteiger partial charge in [-0.25, -0.2) is 0 Å². The molecule has 0 spiro atoms. The van der Waals surface area contributed by atoms with Gasteiger partial charge in [-0.05, 0) is 18.8 Å². The third kappa shape index (κ3) is 0.988. The van der Waals surface area contributed by atoms with Gasteiger partial charge in [0, 0.05) is 6.42 Å². The molecule has 3 nitrogen and oxygen atoms in total. The number of nitrogens with two attached hydrogens (primary N) is 1. The van der Waals surface area contributed by atoms with Crippen LogP contribution in [0.5, 0.6) is 0 Å². The van der Waals surface area contributed by atoms with E-state index in [-0.39, 0.29) is 0 Å². The van der Waals surface area contributed by atoms with E-state index in [9.17, 15) is 0 Å². The molecule has 1 saturated carbocycles. The SMILES string of the molecule is Nc1cnoc1CC1CC1. The zero-order chi connectivity index (χ0) is 6.97. The molecule has 1 heterocycles. The molecule has 54 valence electrons. The van der Waals surface area contributed by atoms with Crippen molar-refractivity contribution in [1.29, 1.82) is 0 Å². The van der Waals surface area contributed by atoms with Gasteiger partial charge in [0.25, 0.3) is 0 Å². The summed E-state index contributed by atoms with van der Waals surface area (Å²) in [6.07, 6.45) is 5.18. The fraction of sp³-hybridized carbons (Fsp3) is 0.571. The highest BCUT2D eigenvalue weighted by molar-refractivity contribution is 5.38. The molecule has 3 heteroatoms. The molecule has 1 aromatic heterocycles. The minimum Gasteiger partial charge on any atom is -0.395 e. The van der Waals surface area contributed by atoms with E-state index in [2.05, 4.69) is 5.16 Å². The first-order valence-electron chi connectivity index (χ1n) is 3.55. The number of nitrogen functional groups attached to an aromatic ring is 1. The fourth-order valence-corrected chi connectivity index (χ4v) is 1.01. The van der Waals surface area contributed by atoms with E-state index in [4.69, 9.17) is 10.3 Å². The van der Waals surface area contributed by atoms with Gasteiger partial charge in [0.2, 0.25) is 0 Å². The van der Waals surface area contributed by atoms with Gasteiger partial charge in [0.1, 0.15) is 0 Å². The van der Waals surface area contributed by atoms with Crippen molar-refractivity contribution in [3.8, 4) is 0 Å². The average molecular weight is 138 g/mol. The van der Waals surface area contributed by atoms with Crippen LogP contribution in [-0.2, 0) is 6.42 Å². The number of rotatable bonds is 2. The molecule has 1 aromatic rings. The van der Waals surface area contributed by atoms with Gasteiger partial charge in [0.05, 0.1) is 11.9 Å². The quantitative estimate of drug-likeness (QED) is 0.668. The smallest absolute Gasteiger partial charge is 0.159 e. The van der Waals surface area contributed by atoms with Gasteiger partial charge in [-0.1, -0.05) is 5.16 Å². The zero-order valence-corrected chi connectivity index (χ0v) is 5.71. The Morgan fingerprint density at radius 1 is 1.70 bits per heavy atom. The molecule has 1 fully saturated rings. The number of anilines is 1. The summed E-state index contributed by atoms with van der Waals surface area (Å²) in [6.45, 7) is 0. The zero-order valence-electron chi connectivity index (χ0n) is 5.71. The number of nitrogens with zero attached hydrogens (tertiary/aromatic N) is 1. The molecule has 0 unspecified atom stereocenters. The summed E-state index contributed by atoms with van der Waals surface area (Å²) >= 11 is 0. The normalized spacial score (nSPS) is 17.6. The first-order chi connectivity index (χ1) is 4.86. The van der Waals surface area contributed by atoms with Crippen LogP contribution in [0, 0.1) is 5.92 Å². The van der Waals surface area contributed by atoms with E-state index in [1.807, 2.05) is 0 Å². The van der Waals surface area contributed by atoms with Gasteiger partial charge < -0.3 is 10.3 Å². The van der Waals surface area contributed by atoms with E-state index in [0.29, 0.717) is 5.69 Å². The lowest BCUT2D eigenvalue weighted by Crippen LogP contribution is -1.90. The number of hydrogen-bond donors (Lipinski definition) is 1. The summed E-state index contributed by atoms with van der Waals surface area (Å²) in [6, 6.07) is 0. The monoisotopic (exact) mass is 138 g/mol. The molecule has 0 amide bonds. The second-order valence-electron chi connectivity index (χ2n) is 2.85. The molecule has 1 aliphatic rings. The van der Waals surface area contributed by atoms with Crippen molar-refractivity contribution in [3.05, 3.63) is 12.0 Å². The van der Waals surface area contributed by atoms with Crippen LogP contribution >= 0.6 is 0 Å². The summed E-state index contributed by atoms with van der Waals surface area (Å²) in [7, 11) is 0. The van der Waals surface area contributed by atoms with Gasteiger partial charge in [0.15, 0.2) is 5.76 Å². The van der Waals surface area contributed by atoms with Crippen molar-refractivity contribution in [3.63, 3.8) is 0 Å². The summed E-state index contributed by atoms with van der Waals surface area (Å²) in [4.78, 5) is 0. The van der Waals surface area contributed by atoms with Crippen LogP contribution in [0.4, 0.5) is 5.69 Å². The minimum absolute atomic E-state index is 0.701. The van der Waals surface area contributed by atoms with Gasteiger partial charge in [-0.15, -0.1) is 0 Å². The highest BCUT2D eigenvalue weighted by atomic mass is 16.5. The Balaban J connectivity index is 2.08. The lowest BCUT2D eigenvalue weighted by Gasteiger charge is -1.90. The molecule has 0 saturated heterocycles. The Bertz CT molecular complexity index is 227. The standard InChI is InChI=1S/C7H10N2O/c8-6-4-9-10-7(6)3-5-1-2-5/h4-5H,1-3,8H2. The summed E-state index contributed by atoms with van der Waals surface area (Å²) in [5.41, 5.74) is 6.26.